The molecule has 1 aromatic rings. The van der Waals surface area contributed by atoms with Crippen LogP contribution < -0.4 is 0 Å². The number of nitrogens with zero attached hydrogens (tertiary/aromatic N) is 2. The summed E-state index contributed by atoms with van der Waals surface area (Å²) in [5.41, 5.74) is 0.526. The second kappa shape index (κ2) is 3.27. The summed E-state index contributed by atoms with van der Waals surface area (Å²) in [4.78, 5) is 10.7. The molecule has 1 aromatic heterocycles. The first kappa shape index (κ1) is 7.91. The van der Waals surface area contributed by atoms with E-state index in [1.165, 1.54) is 17.8 Å². The lowest BCUT2D eigenvalue weighted by molar-refractivity contribution is 0.101. The van der Waals surface area contributed by atoms with Gasteiger partial charge in [-0.1, -0.05) is 0 Å². The highest BCUT2D eigenvalue weighted by Gasteiger charge is 2.01. The van der Waals surface area contributed by atoms with Gasteiger partial charge in [0, 0.05) is 6.20 Å². The highest BCUT2D eigenvalue weighted by Crippen LogP contribution is 1.97. The third-order valence-electron chi connectivity index (χ3n) is 1.35. The van der Waals surface area contributed by atoms with E-state index in [0.717, 1.165) is 0 Å². The third-order valence-corrected chi connectivity index (χ3v) is 1.35. The average molecular weight is 156 g/mol. The van der Waals surface area contributed by atoms with Crippen LogP contribution in [-0.2, 0) is 6.54 Å². The van der Waals surface area contributed by atoms with E-state index in [1.54, 1.807) is 6.20 Å². The molecule has 0 atom stereocenters. The molecule has 60 valence electrons. The first-order valence-corrected chi connectivity index (χ1v) is 3.33. The summed E-state index contributed by atoms with van der Waals surface area (Å²) >= 11 is 0. The van der Waals surface area contributed by atoms with Gasteiger partial charge in [-0.05, 0) is 6.92 Å². The summed E-state index contributed by atoms with van der Waals surface area (Å²) in [5.74, 6) is -0.0462. The van der Waals surface area contributed by atoms with Gasteiger partial charge in [0.2, 0.25) is 0 Å². The average Bonchev–Trinajstić information content (AvgIpc) is 2.37. The van der Waals surface area contributed by atoms with Crippen LogP contribution in [-0.4, -0.2) is 22.2 Å². The number of carbonyl (C=O) groups excluding carboxylic acids is 1. The van der Waals surface area contributed by atoms with Crippen molar-refractivity contribution >= 4 is 5.78 Å². The zero-order valence-electron chi connectivity index (χ0n) is 6.25. The van der Waals surface area contributed by atoms with Crippen LogP contribution in [0.1, 0.15) is 17.3 Å². The number of hydrogen-bond donors (Lipinski definition) is 0. The van der Waals surface area contributed by atoms with Crippen molar-refractivity contribution in [1.82, 2.24) is 9.78 Å². The first-order valence-electron chi connectivity index (χ1n) is 3.33. The number of halogens is 1. The largest absolute Gasteiger partial charge is 0.294 e. The molecule has 0 saturated heterocycles. The Morgan fingerprint density at radius 3 is 3.00 bits per heavy atom. The highest BCUT2D eigenvalue weighted by atomic mass is 19.1. The lowest BCUT2D eigenvalue weighted by Gasteiger charge is -1.92. The van der Waals surface area contributed by atoms with E-state index in [1.807, 2.05) is 0 Å². The number of carbonyl (C=O) groups is 1. The van der Waals surface area contributed by atoms with Crippen molar-refractivity contribution in [1.29, 1.82) is 0 Å². The molecular formula is C7H9FN2O. The molecule has 0 aliphatic rings. The summed E-state index contributed by atoms with van der Waals surface area (Å²) in [6, 6.07) is 0. The maximum absolute atomic E-state index is 11.7. The van der Waals surface area contributed by atoms with E-state index >= 15 is 0 Å². The van der Waals surface area contributed by atoms with E-state index < -0.39 is 6.67 Å². The molecule has 0 aliphatic carbocycles. The fraction of sp³-hybridized carbons (Fsp3) is 0.429. The van der Waals surface area contributed by atoms with E-state index in [0.29, 0.717) is 5.56 Å². The molecule has 0 aliphatic heterocycles. The van der Waals surface area contributed by atoms with E-state index in [-0.39, 0.29) is 12.3 Å². The lowest BCUT2D eigenvalue weighted by atomic mass is 10.3. The van der Waals surface area contributed by atoms with Crippen molar-refractivity contribution in [2.24, 2.45) is 0 Å². The van der Waals surface area contributed by atoms with Gasteiger partial charge in [0.15, 0.2) is 5.78 Å². The molecule has 0 fully saturated rings. The van der Waals surface area contributed by atoms with Gasteiger partial charge in [0.05, 0.1) is 18.3 Å². The van der Waals surface area contributed by atoms with E-state index in [4.69, 9.17) is 0 Å². The Hall–Kier alpha value is -1.19. The van der Waals surface area contributed by atoms with Crippen molar-refractivity contribution in [2.75, 3.05) is 6.67 Å². The number of rotatable bonds is 3. The molecule has 0 N–H and O–H groups in total. The number of Topliss-reactive ketones (excluding diaryl/α,β-unsaturated/α-hetero) is 1. The minimum absolute atomic E-state index is 0.0462. The predicted octanol–water partition coefficient (Wildman–Crippen LogP) is 1.06. The molecule has 4 heteroatoms. The van der Waals surface area contributed by atoms with Crippen LogP contribution in [0.5, 0.6) is 0 Å². The predicted molar refractivity (Wildman–Crippen MR) is 38.2 cm³/mol. The van der Waals surface area contributed by atoms with Crippen molar-refractivity contribution in [3.8, 4) is 0 Å². The van der Waals surface area contributed by atoms with Crippen LogP contribution >= 0.6 is 0 Å². The van der Waals surface area contributed by atoms with Gasteiger partial charge in [-0.25, -0.2) is 4.39 Å². The summed E-state index contributed by atoms with van der Waals surface area (Å²) in [5, 5.41) is 3.78. The molecule has 0 aromatic carbocycles. The van der Waals surface area contributed by atoms with Crippen molar-refractivity contribution in [2.45, 2.75) is 13.5 Å². The first-order chi connectivity index (χ1) is 5.24. The van der Waals surface area contributed by atoms with Crippen LogP contribution in [0.4, 0.5) is 4.39 Å². The quantitative estimate of drug-likeness (QED) is 0.613. The maximum Gasteiger partial charge on any atom is 0.162 e. The number of hydrogen-bond acceptors (Lipinski definition) is 2. The lowest BCUT2D eigenvalue weighted by Crippen LogP contribution is -1.99. The summed E-state index contributed by atoms with van der Waals surface area (Å²) in [6.07, 6.45) is 2.99. The van der Waals surface area contributed by atoms with Gasteiger partial charge >= 0.3 is 0 Å². The smallest absolute Gasteiger partial charge is 0.162 e. The van der Waals surface area contributed by atoms with Crippen LogP contribution in [0.3, 0.4) is 0 Å². The second-order valence-corrected chi connectivity index (χ2v) is 2.24. The Kier molecular flexibility index (Phi) is 2.36. The molecule has 1 heterocycles. The van der Waals surface area contributed by atoms with E-state index in [9.17, 15) is 9.18 Å². The molecular weight excluding hydrogens is 147 g/mol. The fourth-order valence-corrected chi connectivity index (χ4v) is 0.754. The molecule has 0 unspecified atom stereocenters. The number of aromatic nitrogens is 2. The monoisotopic (exact) mass is 156 g/mol. The SMILES string of the molecule is CC(=O)c1cnn(CCF)c1. The van der Waals surface area contributed by atoms with Gasteiger partial charge in [-0.15, -0.1) is 0 Å². The van der Waals surface area contributed by atoms with Gasteiger partial charge in [-0.3, -0.25) is 9.48 Å². The Labute approximate surface area is 63.8 Å². The molecule has 0 spiro atoms. The topological polar surface area (TPSA) is 34.9 Å². The minimum Gasteiger partial charge on any atom is -0.294 e. The van der Waals surface area contributed by atoms with Gasteiger partial charge in [0.25, 0.3) is 0 Å². The summed E-state index contributed by atoms with van der Waals surface area (Å²) in [6.45, 7) is 1.21. The zero-order chi connectivity index (χ0) is 8.27. The standard InChI is InChI=1S/C7H9FN2O/c1-6(11)7-4-9-10(5-7)3-2-8/h4-5H,2-3H2,1H3. The summed E-state index contributed by atoms with van der Waals surface area (Å²) < 4.78 is 13.2. The Morgan fingerprint density at radius 1 is 1.82 bits per heavy atom. The zero-order valence-corrected chi connectivity index (χ0v) is 6.25. The van der Waals surface area contributed by atoms with Crippen LogP contribution in [0, 0.1) is 0 Å². The van der Waals surface area contributed by atoms with E-state index in [2.05, 4.69) is 5.10 Å². The third kappa shape index (κ3) is 1.86. The second-order valence-electron chi connectivity index (χ2n) is 2.24. The number of ketones is 1. The Morgan fingerprint density at radius 2 is 2.55 bits per heavy atom. The van der Waals surface area contributed by atoms with Crippen LogP contribution in [0.15, 0.2) is 12.4 Å². The highest BCUT2D eigenvalue weighted by molar-refractivity contribution is 5.93. The Balaban J connectivity index is 2.73. The van der Waals surface area contributed by atoms with Gasteiger partial charge in [0.1, 0.15) is 6.67 Å². The van der Waals surface area contributed by atoms with Crippen molar-refractivity contribution in [3.05, 3.63) is 18.0 Å². The molecule has 11 heavy (non-hydrogen) atoms. The summed E-state index contributed by atoms with van der Waals surface area (Å²) in [7, 11) is 0. The minimum atomic E-state index is -0.459. The molecule has 1 rings (SSSR count). The fourth-order valence-electron chi connectivity index (χ4n) is 0.754. The van der Waals surface area contributed by atoms with Crippen LogP contribution in [0.2, 0.25) is 0 Å². The van der Waals surface area contributed by atoms with Crippen molar-refractivity contribution < 1.29 is 9.18 Å². The number of aryl methyl sites for hydroxylation is 1. The number of alkyl halides is 1. The molecule has 0 saturated carbocycles. The molecule has 0 amide bonds. The maximum atomic E-state index is 11.7. The molecule has 0 bridgehead atoms. The Bertz CT molecular complexity index is 257. The van der Waals surface area contributed by atoms with Crippen molar-refractivity contribution in [3.63, 3.8) is 0 Å². The van der Waals surface area contributed by atoms with Gasteiger partial charge in [-0.2, -0.15) is 5.10 Å². The van der Waals surface area contributed by atoms with Crippen LogP contribution in [0.25, 0.3) is 0 Å². The normalized spacial score (nSPS) is 10.0. The molecule has 0 radical (unpaired) electrons. The molecule has 3 nitrogen and oxygen atoms in total. The van der Waals surface area contributed by atoms with Gasteiger partial charge < -0.3 is 0 Å².